The number of amides is 1. The molecule has 0 bridgehead atoms. The van der Waals surface area contributed by atoms with E-state index in [1.54, 1.807) is 6.92 Å². The molecule has 0 aromatic carbocycles. The Morgan fingerprint density at radius 3 is 2.67 bits per heavy atom. The molecule has 1 rings (SSSR count). The lowest BCUT2D eigenvalue weighted by Crippen LogP contribution is -2.52. The second-order valence-electron chi connectivity index (χ2n) is 5.75. The molecule has 1 saturated heterocycles. The number of carbonyl (C=O) groups excluding carboxylic acids is 2. The number of hydrogen-bond donors (Lipinski definition) is 3. The van der Waals surface area contributed by atoms with Crippen molar-refractivity contribution in [3.63, 3.8) is 0 Å². The second kappa shape index (κ2) is 9.00. The molecule has 1 aliphatic rings. The first-order chi connectivity index (χ1) is 9.99. The van der Waals surface area contributed by atoms with Crippen LogP contribution in [-0.4, -0.2) is 43.2 Å². The zero-order valence-corrected chi connectivity index (χ0v) is 13.4. The minimum atomic E-state index is -0.622. The van der Waals surface area contributed by atoms with Gasteiger partial charge in [0.15, 0.2) is 0 Å². The van der Waals surface area contributed by atoms with Gasteiger partial charge >= 0.3 is 5.97 Å². The zero-order valence-electron chi connectivity index (χ0n) is 13.4. The molecule has 0 spiro atoms. The van der Waals surface area contributed by atoms with Gasteiger partial charge in [0.1, 0.15) is 6.04 Å². The molecule has 1 aliphatic heterocycles. The van der Waals surface area contributed by atoms with Crippen LogP contribution in [0.2, 0.25) is 0 Å². The Morgan fingerprint density at radius 1 is 1.43 bits per heavy atom. The van der Waals surface area contributed by atoms with Crippen molar-refractivity contribution in [2.45, 2.75) is 64.6 Å². The van der Waals surface area contributed by atoms with Crippen molar-refractivity contribution in [2.24, 2.45) is 11.7 Å². The summed E-state index contributed by atoms with van der Waals surface area (Å²) in [6, 6.07) is -0.967. The van der Waals surface area contributed by atoms with Crippen LogP contribution < -0.4 is 16.4 Å². The molecule has 21 heavy (non-hydrogen) atoms. The van der Waals surface area contributed by atoms with Gasteiger partial charge in [-0.2, -0.15) is 0 Å². The van der Waals surface area contributed by atoms with E-state index in [0.717, 1.165) is 25.8 Å². The maximum Gasteiger partial charge on any atom is 0.328 e. The largest absolute Gasteiger partial charge is 0.464 e. The number of nitrogens with two attached hydrogens (primary N) is 1. The van der Waals surface area contributed by atoms with E-state index in [1.807, 2.05) is 13.8 Å². The summed E-state index contributed by atoms with van der Waals surface area (Å²) < 4.78 is 5.06. The van der Waals surface area contributed by atoms with E-state index in [4.69, 9.17) is 10.5 Å². The first kappa shape index (κ1) is 17.9. The summed E-state index contributed by atoms with van der Waals surface area (Å²) in [5.74, 6) is -0.575. The molecule has 0 aromatic rings. The van der Waals surface area contributed by atoms with Gasteiger partial charge in [0.05, 0.1) is 12.6 Å². The molecule has 122 valence electrons. The van der Waals surface area contributed by atoms with Crippen LogP contribution in [0.1, 0.15) is 46.5 Å². The average Bonchev–Trinajstić information content (AvgIpc) is 2.98. The summed E-state index contributed by atoms with van der Waals surface area (Å²) in [5.41, 5.74) is 5.92. The Morgan fingerprint density at radius 2 is 2.14 bits per heavy atom. The third-order valence-corrected chi connectivity index (χ3v) is 4.13. The summed E-state index contributed by atoms with van der Waals surface area (Å²) in [6.07, 6.45) is 3.49. The van der Waals surface area contributed by atoms with Gasteiger partial charge in [0.2, 0.25) is 5.91 Å². The molecule has 1 fully saturated rings. The highest BCUT2D eigenvalue weighted by Crippen LogP contribution is 2.13. The van der Waals surface area contributed by atoms with Crippen molar-refractivity contribution < 1.29 is 14.3 Å². The lowest BCUT2D eigenvalue weighted by molar-refractivity contribution is -0.148. The third kappa shape index (κ3) is 5.63. The lowest BCUT2D eigenvalue weighted by atomic mass is 9.98. The maximum atomic E-state index is 12.2. The number of esters is 1. The molecule has 0 saturated carbocycles. The predicted molar refractivity (Wildman–Crippen MR) is 81.6 cm³/mol. The van der Waals surface area contributed by atoms with Crippen LogP contribution in [0.3, 0.4) is 0 Å². The summed E-state index contributed by atoms with van der Waals surface area (Å²) in [7, 11) is 0. The fourth-order valence-electron chi connectivity index (χ4n) is 2.48. The van der Waals surface area contributed by atoms with E-state index in [-0.39, 0.29) is 23.8 Å². The van der Waals surface area contributed by atoms with Gasteiger partial charge < -0.3 is 21.1 Å². The van der Waals surface area contributed by atoms with Gasteiger partial charge in [0, 0.05) is 6.04 Å². The number of hydrogen-bond acceptors (Lipinski definition) is 5. The predicted octanol–water partition coefficient (Wildman–Crippen LogP) is 0.550. The molecular weight excluding hydrogens is 270 g/mol. The molecule has 1 amide bonds. The van der Waals surface area contributed by atoms with E-state index in [9.17, 15) is 9.59 Å². The molecule has 6 heteroatoms. The molecule has 4 N–H and O–H groups in total. The van der Waals surface area contributed by atoms with Gasteiger partial charge in [-0.25, -0.2) is 4.79 Å². The monoisotopic (exact) mass is 299 g/mol. The van der Waals surface area contributed by atoms with Crippen molar-refractivity contribution in [2.75, 3.05) is 13.2 Å². The summed E-state index contributed by atoms with van der Waals surface area (Å²) in [6.45, 7) is 6.95. The molecule has 4 unspecified atom stereocenters. The van der Waals surface area contributed by atoms with Gasteiger partial charge in [0.25, 0.3) is 0 Å². The molecule has 0 aliphatic carbocycles. The van der Waals surface area contributed by atoms with E-state index < -0.39 is 12.1 Å². The normalized spacial score (nSPS) is 22.4. The first-order valence-electron chi connectivity index (χ1n) is 7.95. The minimum Gasteiger partial charge on any atom is -0.464 e. The fraction of sp³-hybridized carbons (Fsp3) is 0.867. The molecule has 4 atom stereocenters. The maximum absolute atomic E-state index is 12.2. The minimum absolute atomic E-state index is 0.0810. The number of ether oxygens (including phenoxy) is 1. The first-order valence-corrected chi connectivity index (χ1v) is 7.95. The van der Waals surface area contributed by atoms with Crippen molar-refractivity contribution in [3.05, 3.63) is 0 Å². The van der Waals surface area contributed by atoms with E-state index in [1.165, 1.54) is 0 Å². The van der Waals surface area contributed by atoms with E-state index >= 15 is 0 Å². The van der Waals surface area contributed by atoms with Crippen LogP contribution in [0.4, 0.5) is 0 Å². The number of nitrogens with one attached hydrogen (secondary N) is 2. The topological polar surface area (TPSA) is 93.5 Å². The Hall–Kier alpha value is -1.14. The van der Waals surface area contributed by atoms with Gasteiger partial charge in [-0.15, -0.1) is 0 Å². The van der Waals surface area contributed by atoms with Crippen LogP contribution in [0.5, 0.6) is 0 Å². The summed E-state index contributed by atoms with van der Waals surface area (Å²) in [4.78, 5) is 24.2. The highest BCUT2D eigenvalue weighted by atomic mass is 16.5. The fourth-order valence-corrected chi connectivity index (χ4v) is 2.48. The highest BCUT2D eigenvalue weighted by Gasteiger charge is 2.30. The van der Waals surface area contributed by atoms with Crippen LogP contribution in [0, 0.1) is 5.92 Å². The number of carbonyl (C=O) groups is 2. The van der Waals surface area contributed by atoms with E-state index in [2.05, 4.69) is 10.6 Å². The summed E-state index contributed by atoms with van der Waals surface area (Å²) in [5, 5.41) is 6.10. The summed E-state index contributed by atoms with van der Waals surface area (Å²) >= 11 is 0. The lowest BCUT2D eigenvalue weighted by Gasteiger charge is -2.24. The molecule has 0 aromatic heterocycles. The third-order valence-electron chi connectivity index (χ3n) is 4.13. The quantitative estimate of drug-likeness (QED) is 0.569. The Balaban J connectivity index is 2.62. The van der Waals surface area contributed by atoms with Crippen molar-refractivity contribution in [1.82, 2.24) is 10.6 Å². The SMILES string of the molecule is CCOC(=O)C(CC1CCCN1)NC(=O)C(N)C(C)CC. The van der Waals surface area contributed by atoms with Crippen LogP contribution in [0.25, 0.3) is 0 Å². The van der Waals surface area contributed by atoms with Crippen LogP contribution in [-0.2, 0) is 14.3 Å². The smallest absolute Gasteiger partial charge is 0.328 e. The highest BCUT2D eigenvalue weighted by molar-refractivity contribution is 5.87. The molecular formula is C15H29N3O3. The van der Waals surface area contributed by atoms with Crippen molar-refractivity contribution in [3.8, 4) is 0 Å². The molecule has 1 heterocycles. The van der Waals surface area contributed by atoms with Crippen molar-refractivity contribution in [1.29, 1.82) is 0 Å². The van der Waals surface area contributed by atoms with Gasteiger partial charge in [-0.3, -0.25) is 4.79 Å². The van der Waals surface area contributed by atoms with Gasteiger partial charge in [-0.1, -0.05) is 20.3 Å². The zero-order chi connectivity index (χ0) is 15.8. The Bertz CT molecular complexity index is 343. The number of rotatable bonds is 8. The standard InChI is InChI=1S/C15H29N3O3/c1-4-10(3)13(16)14(19)18-12(15(20)21-5-2)9-11-7-6-8-17-11/h10-13,17H,4-9,16H2,1-3H3,(H,18,19). The van der Waals surface area contributed by atoms with E-state index in [0.29, 0.717) is 13.0 Å². The van der Waals surface area contributed by atoms with Gasteiger partial charge in [-0.05, 0) is 38.6 Å². The van der Waals surface area contributed by atoms with Crippen LogP contribution in [0.15, 0.2) is 0 Å². The second-order valence-corrected chi connectivity index (χ2v) is 5.75. The van der Waals surface area contributed by atoms with Crippen LogP contribution >= 0.6 is 0 Å². The van der Waals surface area contributed by atoms with Crippen molar-refractivity contribution >= 4 is 11.9 Å². The molecule has 6 nitrogen and oxygen atoms in total. The Kier molecular flexibility index (Phi) is 7.67. The average molecular weight is 299 g/mol. The molecule has 0 radical (unpaired) electrons. The Labute approximate surface area is 127 Å².